The molecule has 1 aliphatic rings. The number of para-hydroxylation sites is 1. The molecule has 0 radical (unpaired) electrons. The van der Waals surface area contributed by atoms with Crippen LogP contribution in [0.5, 0.6) is 0 Å². The first kappa shape index (κ1) is 17.7. The van der Waals surface area contributed by atoms with Crippen LogP contribution in [0.15, 0.2) is 60.9 Å². The normalized spacial score (nSPS) is 16.3. The number of benzene rings is 1. The van der Waals surface area contributed by atoms with Crippen LogP contribution >= 0.6 is 0 Å². The molecule has 1 atom stereocenters. The maximum absolute atomic E-state index is 12.6. The standard InChI is InChI=1S/C21H24N4O2/c26-21(16-25-10-8-17-5-1-2-7-19(17)25)23-15-20(18-6-3-4-9-22-18)24-11-13-27-14-12-24/h1-10,20H,11-16H2,(H,23,26)/t20-/m0/s1. The van der Waals surface area contributed by atoms with Gasteiger partial charge in [0.05, 0.1) is 24.9 Å². The number of amides is 1. The van der Waals surface area contributed by atoms with Gasteiger partial charge in [0, 0.05) is 37.5 Å². The Morgan fingerprint density at radius 3 is 2.74 bits per heavy atom. The first-order chi connectivity index (χ1) is 13.3. The number of carbonyl (C=O) groups excluding carboxylic acids is 1. The Kier molecular flexibility index (Phi) is 5.46. The van der Waals surface area contributed by atoms with Crippen molar-refractivity contribution in [2.24, 2.45) is 0 Å². The van der Waals surface area contributed by atoms with E-state index in [0.717, 1.165) is 29.7 Å². The monoisotopic (exact) mass is 364 g/mol. The predicted molar refractivity (Wildman–Crippen MR) is 104 cm³/mol. The lowest BCUT2D eigenvalue weighted by Crippen LogP contribution is -2.44. The Morgan fingerprint density at radius 1 is 1.11 bits per heavy atom. The summed E-state index contributed by atoms with van der Waals surface area (Å²) in [5, 5.41) is 4.24. The van der Waals surface area contributed by atoms with Gasteiger partial charge in [-0.15, -0.1) is 0 Å². The molecular formula is C21H24N4O2. The Bertz CT molecular complexity index is 887. The molecule has 1 aromatic carbocycles. The molecule has 6 nitrogen and oxygen atoms in total. The second kappa shape index (κ2) is 8.33. The Labute approximate surface area is 158 Å². The zero-order chi connectivity index (χ0) is 18.5. The summed E-state index contributed by atoms with van der Waals surface area (Å²) in [7, 11) is 0. The molecule has 1 aliphatic heterocycles. The first-order valence-corrected chi connectivity index (χ1v) is 9.34. The molecular weight excluding hydrogens is 340 g/mol. The highest BCUT2D eigenvalue weighted by atomic mass is 16.5. The van der Waals surface area contributed by atoms with Crippen LogP contribution in [0.2, 0.25) is 0 Å². The molecule has 0 bridgehead atoms. The third-order valence-corrected chi connectivity index (χ3v) is 5.00. The largest absolute Gasteiger partial charge is 0.379 e. The molecule has 6 heteroatoms. The maximum atomic E-state index is 12.6. The van der Waals surface area contributed by atoms with Gasteiger partial charge in [-0.25, -0.2) is 0 Å². The zero-order valence-electron chi connectivity index (χ0n) is 15.3. The van der Waals surface area contributed by atoms with Crippen molar-refractivity contribution in [2.45, 2.75) is 12.6 Å². The summed E-state index contributed by atoms with van der Waals surface area (Å²) in [6, 6.07) is 16.1. The molecule has 3 aromatic rings. The van der Waals surface area contributed by atoms with Crippen LogP contribution in [-0.4, -0.2) is 53.2 Å². The first-order valence-electron chi connectivity index (χ1n) is 9.34. The van der Waals surface area contributed by atoms with Gasteiger partial charge in [-0.05, 0) is 29.7 Å². The number of pyridine rings is 1. The molecule has 1 saturated heterocycles. The number of carbonyl (C=O) groups is 1. The lowest BCUT2D eigenvalue weighted by molar-refractivity contribution is -0.122. The van der Waals surface area contributed by atoms with Crippen molar-refractivity contribution < 1.29 is 9.53 Å². The number of aromatic nitrogens is 2. The van der Waals surface area contributed by atoms with E-state index in [1.54, 1.807) is 6.20 Å². The van der Waals surface area contributed by atoms with Gasteiger partial charge in [-0.3, -0.25) is 14.7 Å². The molecule has 0 spiro atoms. The third kappa shape index (κ3) is 4.18. The SMILES string of the molecule is O=C(Cn1ccc2ccccc21)NC[C@@H](c1ccccn1)N1CCOCC1. The smallest absolute Gasteiger partial charge is 0.240 e. The van der Waals surface area contributed by atoms with Gasteiger partial charge in [-0.2, -0.15) is 0 Å². The number of hydrogen-bond donors (Lipinski definition) is 1. The Morgan fingerprint density at radius 2 is 1.93 bits per heavy atom. The highest BCUT2D eigenvalue weighted by Gasteiger charge is 2.24. The highest BCUT2D eigenvalue weighted by molar-refractivity contribution is 5.83. The van der Waals surface area contributed by atoms with Crippen molar-refractivity contribution in [2.75, 3.05) is 32.8 Å². The minimum absolute atomic E-state index is 0.00513. The molecule has 0 saturated carbocycles. The highest BCUT2D eigenvalue weighted by Crippen LogP contribution is 2.19. The summed E-state index contributed by atoms with van der Waals surface area (Å²) < 4.78 is 7.45. The number of nitrogens with one attached hydrogen (secondary N) is 1. The number of fused-ring (bicyclic) bond motifs is 1. The number of nitrogens with zero attached hydrogens (tertiary/aromatic N) is 3. The quantitative estimate of drug-likeness (QED) is 0.729. The number of morpholine rings is 1. The molecule has 3 heterocycles. The molecule has 0 aliphatic carbocycles. The summed E-state index contributed by atoms with van der Waals surface area (Å²) in [5.41, 5.74) is 2.05. The van der Waals surface area contributed by atoms with Crippen molar-refractivity contribution in [1.29, 1.82) is 0 Å². The summed E-state index contributed by atoms with van der Waals surface area (Å²) in [6.45, 7) is 3.97. The fraction of sp³-hybridized carbons (Fsp3) is 0.333. The van der Waals surface area contributed by atoms with E-state index in [9.17, 15) is 4.79 Å². The van der Waals surface area contributed by atoms with Gasteiger partial charge in [-0.1, -0.05) is 24.3 Å². The van der Waals surface area contributed by atoms with E-state index in [0.29, 0.717) is 26.3 Å². The van der Waals surface area contributed by atoms with Crippen LogP contribution in [-0.2, 0) is 16.1 Å². The minimum Gasteiger partial charge on any atom is -0.379 e. The van der Waals surface area contributed by atoms with Crippen molar-refractivity contribution in [3.63, 3.8) is 0 Å². The fourth-order valence-electron chi connectivity index (χ4n) is 3.58. The van der Waals surface area contributed by atoms with Gasteiger partial charge in [0.15, 0.2) is 0 Å². The third-order valence-electron chi connectivity index (χ3n) is 5.00. The number of rotatable bonds is 6. The van der Waals surface area contributed by atoms with E-state index in [2.05, 4.69) is 21.3 Å². The Hall–Kier alpha value is -2.70. The van der Waals surface area contributed by atoms with Crippen molar-refractivity contribution >= 4 is 16.8 Å². The van der Waals surface area contributed by atoms with E-state index in [1.807, 2.05) is 53.2 Å². The van der Waals surface area contributed by atoms with E-state index in [1.165, 1.54) is 0 Å². The molecule has 0 unspecified atom stereocenters. The van der Waals surface area contributed by atoms with Crippen LogP contribution in [0.25, 0.3) is 10.9 Å². The van der Waals surface area contributed by atoms with E-state index >= 15 is 0 Å². The molecule has 4 rings (SSSR count). The topological polar surface area (TPSA) is 59.4 Å². The minimum atomic E-state index is 0.00513. The average molecular weight is 364 g/mol. The van der Waals surface area contributed by atoms with Crippen molar-refractivity contribution in [1.82, 2.24) is 19.8 Å². The number of hydrogen-bond acceptors (Lipinski definition) is 4. The van der Waals surface area contributed by atoms with E-state index in [4.69, 9.17) is 4.74 Å². The summed E-state index contributed by atoms with van der Waals surface area (Å²) in [4.78, 5) is 19.4. The van der Waals surface area contributed by atoms with Crippen LogP contribution in [0.3, 0.4) is 0 Å². The predicted octanol–water partition coefficient (Wildman–Crippen LogP) is 2.23. The molecule has 1 fully saturated rings. The van der Waals surface area contributed by atoms with Gasteiger partial charge < -0.3 is 14.6 Å². The Balaban J connectivity index is 1.43. The summed E-state index contributed by atoms with van der Waals surface area (Å²) in [5.74, 6) is 0.00513. The fourth-order valence-corrected chi connectivity index (χ4v) is 3.58. The van der Waals surface area contributed by atoms with Crippen LogP contribution < -0.4 is 5.32 Å². The molecule has 1 N–H and O–H groups in total. The van der Waals surface area contributed by atoms with Gasteiger partial charge in [0.2, 0.25) is 5.91 Å². The van der Waals surface area contributed by atoms with Crippen LogP contribution in [0.4, 0.5) is 0 Å². The average Bonchev–Trinajstić information content (AvgIpc) is 3.13. The van der Waals surface area contributed by atoms with Crippen LogP contribution in [0, 0.1) is 0 Å². The van der Waals surface area contributed by atoms with Crippen LogP contribution in [0.1, 0.15) is 11.7 Å². The summed E-state index contributed by atoms with van der Waals surface area (Å²) >= 11 is 0. The molecule has 140 valence electrons. The summed E-state index contributed by atoms with van der Waals surface area (Å²) in [6.07, 6.45) is 3.76. The van der Waals surface area contributed by atoms with Gasteiger partial charge in [0.25, 0.3) is 0 Å². The maximum Gasteiger partial charge on any atom is 0.240 e. The van der Waals surface area contributed by atoms with Gasteiger partial charge in [0.1, 0.15) is 6.54 Å². The van der Waals surface area contributed by atoms with E-state index in [-0.39, 0.29) is 11.9 Å². The molecule has 1 amide bonds. The zero-order valence-corrected chi connectivity index (χ0v) is 15.3. The molecule has 27 heavy (non-hydrogen) atoms. The second-order valence-corrected chi connectivity index (χ2v) is 6.73. The second-order valence-electron chi connectivity index (χ2n) is 6.73. The lowest BCUT2D eigenvalue weighted by atomic mass is 10.1. The van der Waals surface area contributed by atoms with Crippen molar-refractivity contribution in [3.05, 3.63) is 66.6 Å². The van der Waals surface area contributed by atoms with E-state index < -0.39 is 0 Å². The van der Waals surface area contributed by atoms with Crippen molar-refractivity contribution in [3.8, 4) is 0 Å². The lowest BCUT2D eigenvalue weighted by Gasteiger charge is -2.34. The molecule has 2 aromatic heterocycles. The van der Waals surface area contributed by atoms with Gasteiger partial charge >= 0.3 is 0 Å². The number of ether oxygens (including phenoxy) is 1.